The Hall–Kier alpha value is -3.24. The van der Waals surface area contributed by atoms with Crippen molar-refractivity contribution in [2.75, 3.05) is 6.61 Å². The van der Waals surface area contributed by atoms with Gasteiger partial charge in [-0.05, 0) is 44.5 Å². The van der Waals surface area contributed by atoms with Gasteiger partial charge in [0.15, 0.2) is 5.78 Å². The molecular formula is C24H24F2N4O3S. The smallest absolute Gasteiger partial charge is 0.215 e. The van der Waals surface area contributed by atoms with Gasteiger partial charge >= 0.3 is 0 Å². The molecule has 7 nitrogen and oxygen atoms in total. The number of carbonyl (C=O) groups is 1. The van der Waals surface area contributed by atoms with Gasteiger partial charge in [0.1, 0.15) is 28.3 Å². The van der Waals surface area contributed by atoms with Gasteiger partial charge in [0.2, 0.25) is 5.88 Å². The normalized spacial score (nSPS) is 13.3. The third kappa shape index (κ3) is 4.43. The number of ether oxygens (including phenoxy) is 1. The fourth-order valence-electron chi connectivity index (χ4n) is 3.81. The number of ketones is 1. The molecule has 4 aromatic rings. The number of pyridine rings is 1. The predicted octanol–water partition coefficient (Wildman–Crippen LogP) is 4.49. The maximum Gasteiger partial charge on any atom is 0.215 e. The molecule has 1 atom stereocenters. The van der Waals surface area contributed by atoms with E-state index in [1.165, 1.54) is 34.1 Å². The first-order valence-electron chi connectivity index (χ1n) is 10.6. The van der Waals surface area contributed by atoms with Crippen molar-refractivity contribution < 1.29 is 23.4 Å². The quantitative estimate of drug-likeness (QED) is 0.369. The first-order chi connectivity index (χ1) is 16.1. The Bertz CT molecular complexity index is 1360. The Morgan fingerprint density at radius 2 is 1.88 bits per heavy atom. The lowest BCUT2D eigenvalue weighted by Crippen LogP contribution is -2.30. The third-order valence-electron chi connectivity index (χ3n) is 5.67. The van der Waals surface area contributed by atoms with Crippen LogP contribution in [0, 0.1) is 32.4 Å². The minimum Gasteiger partial charge on any atom is -0.473 e. The highest BCUT2D eigenvalue weighted by molar-refractivity contribution is 7.11. The number of benzene rings is 1. The van der Waals surface area contributed by atoms with Crippen LogP contribution in [0.25, 0.3) is 5.52 Å². The van der Waals surface area contributed by atoms with Gasteiger partial charge < -0.3 is 9.84 Å². The summed E-state index contributed by atoms with van der Waals surface area (Å²) >= 11 is 1.34. The number of rotatable bonds is 8. The maximum absolute atomic E-state index is 14.0. The second kappa shape index (κ2) is 9.19. The first kappa shape index (κ1) is 23.9. The highest BCUT2D eigenvalue weighted by Crippen LogP contribution is 2.33. The first-order valence-corrected chi connectivity index (χ1v) is 11.4. The van der Waals surface area contributed by atoms with Crippen molar-refractivity contribution in [3.63, 3.8) is 0 Å². The summed E-state index contributed by atoms with van der Waals surface area (Å²) in [6.45, 7) is 6.52. The summed E-state index contributed by atoms with van der Waals surface area (Å²) < 4.78 is 35.3. The van der Waals surface area contributed by atoms with Crippen molar-refractivity contribution >= 4 is 22.6 Å². The molecule has 3 aromatic heterocycles. The topological polar surface area (TPSA) is 89.6 Å². The molecule has 3 heterocycles. The minimum absolute atomic E-state index is 0.00486. The largest absolute Gasteiger partial charge is 0.473 e. The molecule has 0 bridgehead atoms. The lowest BCUT2D eigenvalue weighted by atomic mass is 9.84. The van der Waals surface area contributed by atoms with Gasteiger partial charge in [0.05, 0.1) is 34.4 Å². The number of aryl methyl sites for hydroxylation is 3. The van der Waals surface area contributed by atoms with E-state index < -0.39 is 17.0 Å². The summed E-state index contributed by atoms with van der Waals surface area (Å²) in [4.78, 5) is 13.4. The summed E-state index contributed by atoms with van der Waals surface area (Å²) in [5, 5.41) is 24.0. The standard InChI is InChI=1S/C24H24F2N4O3S/c1-13-8-19-22(20(32)10-24(4,12-31)23-28-27-15(3)34-23)14(2)29-30(19)21(9-13)33-11-16-17(25)6-5-7-18(16)26/h5-9,31H,10-12H2,1-4H3/t24-/m0/s1. The van der Waals surface area contributed by atoms with Crippen LogP contribution < -0.4 is 4.74 Å². The van der Waals surface area contributed by atoms with Crippen molar-refractivity contribution in [3.8, 4) is 5.88 Å². The molecule has 0 saturated heterocycles. The second-order valence-electron chi connectivity index (χ2n) is 8.56. The highest BCUT2D eigenvalue weighted by atomic mass is 32.1. The van der Waals surface area contributed by atoms with E-state index in [4.69, 9.17) is 4.74 Å². The number of nitrogens with zero attached hydrogens (tertiary/aromatic N) is 4. The Balaban J connectivity index is 1.69. The number of aromatic nitrogens is 4. The SMILES string of the molecule is Cc1cc(OCc2c(F)cccc2F)n2nc(C)c(C(=O)C[C@@](C)(CO)c3nnc(C)s3)c2c1. The number of aliphatic hydroxyl groups excluding tert-OH is 1. The number of halogens is 2. The van der Waals surface area contributed by atoms with Crippen LogP contribution in [0.15, 0.2) is 30.3 Å². The summed E-state index contributed by atoms with van der Waals surface area (Å²) in [6.07, 6.45) is 0.00486. The molecule has 0 aliphatic carbocycles. The van der Waals surface area contributed by atoms with Crippen LogP contribution in [0.2, 0.25) is 0 Å². The highest BCUT2D eigenvalue weighted by Gasteiger charge is 2.34. The van der Waals surface area contributed by atoms with Gasteiger partial charge in [0.25, 0.3) is 0 Å². The fourth-order valence-corrected chi connectivity index (χ4v) is 4.63. The van der Waals surface area contributed by atoms with Crippen molar-refractivity contribution in [2.24, 2.45) is 0 Å². The number of hydrogen-bond acceptors (Lipinski definition) is 7. The summed E-state index contributed by atoms with van der Waals surface area (Å²) in [5.41, 5.74) is 1.09. The van der Waals surface area contributed by atoms with Crippen LogP contribution >= 0.6 is 11.3 Å². The Kier molecular flexibility index (Phi) is 6.46. The van der Waals surface area contributed by atoms with Gasteiger partial charge in [-0.1, -0.05) is 13.0 Å². The molecule has 0 radical (unpaired) electrons. The van der Waals surface area contributed by atoms with Gasteiger partial charge in [-0.25, -0.2) is 13.3 Å². The van der Waals surface area contributed by atoms with E-state index in [1.54, 1.807) is 26.0 Å². The predicted molar refractivity (Wildman–Crippen MR) is 123 cm³/mol. The molecule has 4 rings (SSSR count). The van der Waals surface area contributed by atoms with Crippen LogP contribution in [0.5, 0.6) is 5.88 Å². The number of hydrogen-bond donors (Lipinski definition) is 1. The summed E-state index contributed by atoms with van der Waals surface area (Å²) in [6, 6.07) is 7.11. The number of carbonyl (C=O) groups excluding carboxylic acids is 1. The lowest BCUT2D eigenvalue weighted by Gasteiger charge is -2.23. The van der Waals surface area contributed by atoms with E-state index in [-0.39, 0.29) is 36.9 Å². The number of fused-ring (bicyclic) bond motifs is 1. The van der Waals surface area contributed by atoms with E-state index in [1.807, 2.05) is 13.8 Å². The molecule has 0 spiro atoms. The van der Waals surface area contributed by atoms with E-state index in [2.05, 4.69) is 15.3 Å². The van der Waals surface area contributed by atoms with Gasteiger partial charge in [-0.3, -0.25) is 4.79 Å². The lowest BCUT2D eigenvalue weighted by molar-refractivity contribution is 0.0919. The fraction of sp³-hybridized carbons (Fsp3) is 0.333. The van der Waals surface area contributed by atoms with E-state index >= 15 is 0 Å². The van der Waals surface area contributed by atoms with Crippen LogP contribution in [-0.4, -0.2) is 37.3 Å². The third-order valence-corrected chi connectivity index (χ3v) is 6.81. The zero-order chi connectivity index (χ0) is 24.6. The van der Waals surface area contributed by atoms with Crippen LogP contribution in [0.4, 0.5) is 8.78 Å². The number of Topliss-reactive ketones (excluding diaryl/α,β-unsaturated/α-hetero) is 1. The Morgan fingerprint density at radius 1 is 1.18 bits per heavy atom. The zero-order valence-electron chi connectivity index (χ0n) is 19.2. The van der Waals surface area contributed by atoms with Crippen LogP contribution in [0.1, 0.15) is 50.5 Å². The number of aliphatic hydroxyl groups is 1. The molecule has 0 fully saturated rings. The molecule has 1 N–H and O–H groups in total. The average molecular weight is 487 g/mol. The molecule has 0 saturated carbocycles. The van der Waals surface area contributed by atoms with Gasteiger partial charge in [-0.15, -0.1) is 21.5 Å². The monoisotopic (exact) mass is 486 g/mol. The molecule has 178 valence electrons. The van der Waals surface area contributed by atoms with Crippen molar-refractivity contribution in [2.45, 2.75) is 46.1 Å². The Morgan fingerprint density at radius 3 is 2.50 bits per heavy atom. The zero-order valence-corrected chi connectivity index (χ0v) is 20.0. The molecule has 0 unspecified atom stereocenters. The van der Waals surface area contributed by atoms with Crippen LogP contribution in [-0.2, 0) is 12.0 Å². The maximum atomic E-state index is 14.0. The molecule has 10 heteroatoms. The van der Waals surface area contributed by atoms with Gasteiger partial charge in [0, 0.05) is 12.5 Å². The van der Waals surface area contributed by atoms with Gasteiger partial charge in [-0.2, -0.15) is 5.10 Å². The molecule has 0 aliphatic heterocycles. The minimum atomic E-state index is -0.894. The summed E-state index contributed by atoms with van der Waals surface area (Å²) in [5.74, 6) is -1.36. The summed E-state index contributed by atoms with van der Waals surface area (Å²) in [7, 11) is 0. The van der Waals surface area contributed by atoms with Crippen molar-refractivity contribution in [1.82, 2.24) is 19.8 Å². The van der Waals surface area contributed by atoms with E-state index in [0.29, 0.717) is 21.8 Å². The second-order valence-corrected chi connectivity index (χ2v) is 9.74. The molecule has 34 heavy (non-hydrogen) atoms. The Labute approximate surface area is 199 Å². The molecular weight excluding hydrogens is 462 g/mol. The molecule has 0 amide bonds. The van der Waals surface area contributed by atoms with Crippen molar-refractivity contribution in [1.29, 1.82) is 0 Å². The van der Waals surface area contributed by atoms with Crippen LogP contribution in [0.3, 0.4) is 0 Å². The van der Waals surface area contributed by atoms with E-state index in [9.17, 15) is 18.7 Å². The molecule has 1 aromatic carbocycles. The molecule has 0 aliphatic rings. The van der Waals surface area contributed by atoms with E-state index in [0.717, 1.165) is 10.6 Å². The average Bonchev–Trinajstić information content (AvgIpc) is 3.36. The van der Waals surface area contributed by atoms with Crippen molar-refractivity contribution in [3.05, 3.63) is 74.4 Å².